The Bertz CT molecular complexity index is 1300. The van der Waals surface area contributed by atoms with Gasteiger partial charge in [0.1, 0.15) is 24.2 Å². The van der Waals surface area contributed by atoms with Gasteiger partial charge < -0.3 is 37.5 Å². The minimum atomic E-state index is -1.05. The molecule has 12 heteroatoms. The molecule has 2 rings (SSSR count). The summed E-state index contributed by atoms with van der Waals surface area (Å²) in [5, 5.41) is 12.9. The highest BCUT2D eigenvalue weighted by Crippen LogP contribution is 2.18. The van der Waals surface area contributed by atoms with Gasteiger partial charge in [-0.3, -0.25) is 19.2 Å². The highest BCUT2D eigenvalue weighted by Gasteiger charge is 2.33. The predicted octanol–water partition coefficient (Wildman–Crippen LogP) is 2.27. The van der Waals surface area contributed by atoms with Crippen molar-refractivity contribution in [3.05, 3.63) is 48.0 Å². The minimum absolute atomic E-state index is 0.0965. The van der Waals surface area contributed by atoms with Crippen molar-refractivity contribution in [1.29, 1.82) is 0 Å². The average Bonchev–Trinajstić information content (AvgIpc) is 3.01. The fraction of sp³-hybridized carbons (Fsp3) is 0.545. The number of hydrogen-bond acceptors (Lipinski definition) is 7. The van der Waals surface area contributed by atoms with Crippen LogP contribution in [0.1, 0.15) is 65.4 Å². The van der Waals surface area contributed by atoms with Crippen LogP contribution in [0.4, 0.5) is 4.79 Å². The van der Waals surface area contributed by atoms with Gasteiger partial charge in [0, 0.05) is 6.42 Å². The van der Waals surface area contributed by atoms with Gasteiger partial charge in [-0.15, -0.1) is 0 Å². The maximum Gasteiger partial charge on any atom is 0.407 e. The summed E-state index contributed by atoms with van der Waals surface area (Å²) in [6, 6.07) is 9.60. The maximum absolute atomic E-state index is 13.7. The van der Waals surface area contributed by atoms with Gasteiger partial charge in [0.05, 0.1) is 7.11 Å². The summed E-state index contributed by atoms with van der Waals surface area (Å²) in [4.78, 5) is 64.9. The number of carbonyl (C=O) groups excluding carboxylic acids is 5. The minimum Gasteiger partial charge on any atom is -0.453 e. The molecule has 0 fully saturated rings. The van der Waals surface area contributed by atoms with E-state index in [1.165, 1.54) is 7.11 Å². The lowest BCUT2D eigenvalue weighted by atomic mass is 9.96. The molecule has 0 bridgehead atoms. The molecule has 248 valence electrons. The third-order valence-corrected chi connectivity index (χ3v) is 7.79. The van der Waals surface area contributed by atoms with Gasteiger partial charge in [-0.2, -0.15) is 0 Å². The summed E-state index contributed by atoms with van der Waals surface area (Å²) in [6.07, 6.45) is 1.71. The fourth-order valence-corrected chi connectivity index (χ4v) is 4.98. The highest BCUT2D eigenvalue weighted by atomic mass is 16.5. The van der Waals surface area contributed by atoms with Crippen molar-refractivity contribution in [2.45, 2.75) is 90.4 Å². The zero-order valence-electron chi connectivity index (χ0n) is 27.1. The first-order valence-corrected chi connectivity index (χ1v) is 15.6. The Kier molecular flexibility index (Phi) is 15.3. The van der Waals surface area contributed by atoms with Gasteiger partial charge in [-0.1, -0.05) is 76.6 Å². The Balaban J connectivity index is 2.28. The van der Waals surface area contributed by atoms with E-state index in [0.717, 1.165) is 16.3 Å². The molecule has 2 aromatic rings. The van der Waals surface area contributed by atoms with Crippen LogP contribution in [-0.4, -0.2) is 67.5 Å². The molecule has 2 aromatic carbocycles. The average molecular weight is 627 g/mol. The lowest BCUT2D eigenvalue weighted by Crippen LogP contribution is -2.59. The SMILES string of the molecule is CC[C@H](C)[C@H](NC(=O)[C@H](Cc1ccc2ccccc2c1)NC(=O)OC)C(=O)N[C@@H](CCCCN)C(=O)N[C@@H](CC(C)C)C(N)=O. The van der Waals surface area contributed by atoms with Crippen LogP contribution in [0, 0.1) is 11.8 Å². The number of fused-ring (bicyclic) bond motifs is 1. The second-order valence-corrected chi connectivity index (χ2v) is 11.9. The first-order valence-electron chi connectivity index (χ1n) is 15.6. The number of primary amides is 1. The number of alkyl carbamates (subject to hydrolysis) is 1. The van der Waals surface area contributed by atoms with Crippen LogP contribution in [0.15, 0.2) is 42.5 Å². The van der Waals surface area contributed by atoms with Crippen LogP contribution in [0.3, 0.4) is 0 Å². The molecule has 5 amide bonds. The van der Waals surface area contributed by atoms with Crippen molar-refractivity contribution in [2.75, 3.05) is 13.7 Å². The number of nitrogens with one attached hydrogen (secondary N) is 4. The van der Waals surface area contributed by atoms with Gasteiger partial charge in [-0.25, -0.2) is 4.79 Å². The molecule has 0 aromatic heterocycles. The van der Waals surface area contributed by atoms with Gasteiger partial charge in [-0.05, 0) is 60.4 Å². The molecule has 0 unspecified atom stereocenters. The number of benzene rings is 2. The van der Waals surface area contributed by atoms with Gasteiger partial charge >= 0.3 is 6.09 Å². The third-order valence-electron chi connectivity index (χ3n) is 7.79. The number of ether oxygens (including phenoxy) is 1. The fourth-order valence-electron chi connectivity index (χ4n) is 4.98. The second-order valence-electron chi connectivity index (χ2n) is 11.9. The van der Waals surface area contributed by atoms with Crippen molar-refractivity contribution in [3.8, 4) is 0 Å². The van der Waals surface area contributed by atoms with E-state index >= 15 is 0 Å². The number of hydrogen-bond donors (Lipinski definition) is 6. The number of nitrogens with two attached hydrogens (primary N) is 2. The number of methoxy groups -OCH3 is 1. The van der Waals surface area contributed by atoms with Crippen molar-refractivity contribution in [1.82, 2.24) is 21.3 Å². The van der Waals surface area contributed by atoms with Crippen LogP contribution in [0.25, 0.3) is 10.8 Å². The number of carbonyl (C=O) groups is 5. The quantitative estimate of drug-likeness (QED) is 0.137. The Morgan fingerprint density at radius 2 is 1.44 bits per heavy atom. The topological polar surface area (TPSA) is 195 Å². The van der Waals surface area contributed by atoms with E-state index in [4.69, 9.17) is 16.2 Å². The van der Waals surface area contributed by atoms with Crippen molar-refractivity contribution < 1.29 is 28.7 Å². The summed E-state index contributed by atoms with van der Waals surface area (Å²) in [6.45, 7) is 7.92. The van der Waals surface area contributed by atoms with E-state index in [1.807, 2.05) is 70.2 Å². The summed E-state index contributed by atoms with van der Waals surface area (Å²) in [7, 11) is 1.20. The monoisotopic (exact) mass is 626 g/mol. The molecule has 5 atom stereocenters. The molecule has 0 aliphatic carbocycles. The van der Waals surface area contributed by atoms with Crippen molar-refractivity contribution >= 4 is 40.5 Å². The lowest BCUT2D eigenvalue weighted by Gasteiger charge is -2.29. The normalized spacial score (nSPS) is 14.5. The molecular formula is C33H50N6O6. The van der Waals surface area contributed by atoms with E-state index in [0.29, 0.717) is 32.2 Å². The molecule has 45 heavy (non-hydrogen) atoms. The summed E-state index contributed by atoms with van der Waals surface area (Å²) < 4.78 is 4.76. The van der Waals surface area contributed by atoms with Crippen LogP contribution in [0.2, 0.25) is 0 Å². The van der Waals surface area contributed by atoms with Crippen LogP contribution in [-0.2, 0) is 30.3 Å². The molecule has 0 spiro atoms. The zero-order valence-corrected chi connectivity index (χ0v) is 27.1. The van der Waals surface area contributed by atoms with E-state index in [9.17, 15) is 24.0 Å². The Hall–Kier alpha value is -4.19. The molecule has 0 aliphatic heterocycles. The maximum atomic E-state index is 13.7. The Labute approximate surface area is 265 Å². The number of rotatable bonds is 18. The summed E-state index contributed by atoms with van der Waals surface area (Å²) in [5.74, 6) is -2.57. The predicted molar refractivity (Wildman–Crippen MR) is 174 cm³/mol. The van der Waals surface area contributed by atoms with Gasteiger partial charge in [0.2, 0.25) is 23.6 Å². The summed E-state index contributed by atoms with van der Waals surface area (Å²) in [5.41, 5.74) is 12.0. The smallest absolute Gasteiger partial charge is 0.407 e. The summed E-state index contributed by atoms with van der Waals surface area (Å²) >= 11 is 0. The van der Waals surface area contributed by atoms with E-state index in [2.05, 4.69) is 21.3 Å². The van der Waals surface area contributed by atoms with Crippen LogP contribution < -0.4 is 32.7 Å². The first kappa shape index (κ1) is 37.0. The van der Waals surface area contributed by atoms with Crippen LogP contribution >= 0.6 is 0 Å². The van der Waals surface area contributed by atoms with Gasteiger partial charge in [0.15, 0.2) is 0 Å². The standard InChI is InChI=1S/C33H50N6O6/c1-6-21(4)28(32(43)36-25(13-9-10-16-34)30(41)37-26(29(35)40)17-20(2)3)39-31(42)27(38-33(44)45-5)19-22-14-15-23-11-7-8-12-24(23)18-22/h7-8,11-12,14-15,18,20-21,25-28H,6,9-10,13,16-17,19,34H2,1-5H3,(H2,35,40)(H,36,43)(H,37,41)(H,38,44)(H,39,42)/t21-,25-,26-,27-,28-/m0/s1. The lowest BCUT2D eigenvalue weighted by molar-refractivity contribution is -0.134. The second kappa shape index (κ2) is 18.6. The molecule has 0 saturated carbocycles. The molecule has 0 aliphatic rings. The highest BCUT2D eigenvalue weighted by molar-refractivity contribution is 5.95. The molecule has 12 nitrogen and oxygen atoms in total. The zero-order chi connectivity index (χ0) is 33.5. The van der Waals surface area contributed by atoms with Crippen LogP contribution in [0.5, 0.6) is 0 Å². The third kappa shape index (κ3) is 12.0. The van der Waals surface area contributed by atoms with Crippen molar-refractivity contribution in [3.63, 3.8) is 0 Å². The molecule has 0 saturated heterocycles. The molecule has 8 N–H and O–H groups in total. The number of amides is 5. The largest absolute Gasteiger partial charge is 0.453 e. The Morgan fingerprint density at radius 1 is 0.800 bits per heavy atom. The first-order chi connectivity index (χ1) is 21.4. The van der Waals surface area contributed by atoms with E-state index in [-0.39, 0.29) is 24.7 Å². The van der Waals surface area contributed by atoms with E-state index in [1.54, 1.807) is 0 Å². The van der Waals surface area contributed by atoms with E-state index < -0.39 is 53.9 Å². The van der Waals surface area contributed by atoms with Gasteiger partial charge in [0.25, 0.3) is 0 Å². The molecular weight excluding hydrogens is 576 g/mol. The molecule has 0 heterocycles. The number of unbranched alkanes of at least 4 members (excludes halogenated alkanes) is 1. The van der Waals surface area contributed by atoms with Crippen molar-refractivity contribution in [2.24, 2.45) is 23.3 Å². The Morgan fingerprint density at radius 3 is 2.04 bits per heavy atom. The molecule has 0 radical (unpaired) electrons.